The van der Waals surface area contributed by atoms with Crippen LogP contribution in [0.3, 0.4) is 0 Å². The van der Waals surface area contributed by atoms with Gasteiger partial charge in [-0.25, -0.2) is 4.39 Å². The van der Waals surface area contributed by atoms with Crippen LogP contribution in [0.5, 0.6) is 0 Å². The van der Waals surface area contributed by atoms with Crippen LogP contribution in [0.4, 0.5) is 15.2 Å². The second-order valence-corrected chi connectivity index (χ2v) is 6.30. The minimum atomic E-state index is -0.230. The molecule has 1 fully saturated rings. The second-order valence-electron chi connectivity index (χ2n) is 4.67. The summed E-state index contributed by atoms with van der Waals surface area (Å²) in [5.74, 6) is 0.955. The maximum Gasteiger partial charge on any atom is 0.142 e. The Labute approximate surface area is 123 Å². The van der Waals surface area contributed by atoms with Gasteiger partial charge < -0.3 is 11.1 Å². The fraction of sp³-hybridized carbons (Fsp3) is 0.308. The molecule has 1 heterocycles. The van der Waals surface area contributed by atoms with Gasteiger partial charge >= 0.3 is 0 Å². The summed E-state index contributed by atoms with van der Waals surface area (Å²) in [4.78, 5) is 0. The normalized spacial score (nSPS) is 14.6. The van der Waals surface area contributed by atoms with E-state index in [0.29, 0.717) is 18.3 Å². The number of nitrogen functional groups attached to an aromatic ring is 1. The maximum absolute atomic E-state index is 13.2. The van der Waals surface area contributed by atoms with Crippen molar-refractivity contribution in [1.82, 2.24) is 4.37 Å². The highest BCUT2D eigenvalue weighted by atomic mass is 79.9. The minimum absolute atomic E-state index is 0.230. The summed E-state index contributed by atoms with van der Waals surface area (Å²) >= 11 is 4.80. The van der Waals surface area contributed by atoms with Crippen LogP contribution in [0.15, 0.2) is 22.7 Å². The van der Waals surface area contributed by atoms with Crippen LogP contribution in [0.2, 0.25) is 0 Å². The van der Waals surface area contributed by atoms with Crippen LogP contribution in [0, 0.1) is 5.82 Å². The van der Waals surface area contributed by atoms with Crippen molar-refractivity contribution in [3.05, 3.63) is 39.6 Å². The van der Waals surface area contributed by atoms with Gasteiger partial charge in [0.25, 0.3) is 0 Å². The van der Waals surface area contributed by atoms with Gasteiger partial charge in [0.2, 0.25) is 0 Å². The van der Waals surface area contributed by atoms with Gasteiger partial charge in [-0.2, -0.15) is 4.37 Å². The molecule has 0 radical (unpaired) electrons. The zero-order chi connectivity index (χ0) is 13.4. The number of nitrogens with zero attached hydrogens (tertiary/aromatic N) is 1. The Bertz CT molecular complexity index is 610. The summed E-state index contributed by atoms with van der Waals surface area (Å²) in [6.07, 6.45) is 2.36. The molecule has 0 atom stereocenters. The zero-order valence-electron chi connectivity index (χ0n) is 10.1. The zero-order valence-corrected chi connectivity index (χ0v) is 12.5. The Morgan fingerprint density at radius 3 is 3.00 bits per heavy atom. The molecule has 3 nitrogen and oxygen atoms in total. The molecule has 6 heteroatoms. The molecule has 3 N–H and O–H groups in total. The predicted octanol–water partition coefficient (Wildman–Crippen LogP) is 4.12. The molecule has 0 spiro atoms. The average molecular weight is 342 g/mol. The Balaban J connectivity index is 1.77. The van der Waals surface area contributed by atoms with Gasteiger partial charge in [-0.05, 0) is 54.1 Å². The molecule has 0 amide bonds. The molecule has 0 bridgehead atoms. The summed E-state index contributed by atoms with van der Waals surface area (Å²) in [6, 6.07) is 4.68. The quantitative estimate of drug-likeness (QED) is 0.879. The van der Waals surface area contributed by atoms with Crippen molar-refractivity contribution in [3.63, 3.8) is 0 Å². The van der Waals surface area contributed by atoms with Crippen LogP contribution < -0.4 is 11.1 Å². The van der Waals surface area contributed by atoms with Crippen molar-refractivity contribution < 1.29 is 4.39 Å². The number of nitrogens with one attached hydrogen (secondary N) is 1. The van der Waals surface area contributed by atoms with E-state index in [9.17, 15) is 4.39 Å². The molecule has 100 valence electrons. The van der Waals surface area contributed by atoms with Crippen molar-refractivity contribution in [2.24, 2.45) is 0 Å². The van der Waals surface area contributed by atoms with E-state index >= 15 is 0 Å². The number of hydrogen-bond acceptors (Lipinski definition) is 4. The predicted molar refractivity (Wildman–Crippen MR) is 79.9 cm³/mol. The third-order valence-electron chi connectivity index (χ3n) is 3.19. The molecule has 2 aromatic rings. The van der Waals surface area contributed by atoms with Crippen molar-refractivity contribution in [3.8, 4) is 0 Å². The third kappa shape index (κ3) is 2.74. The second kappa shape index (κ2) is 5.09. The van der Waals surface area contributed by atoms with E-state index in [-0.39, 0.29) is 5.82 Å². The molecule has 1 aromatic heterocycles. The van der Waals surface area contributed by atoms with Gasteiger partial charge in [-0.15, -0.1) is 0 Å². The lowest BCUT2D eigenvalue weighted by molar-refractivity contribution is 0.625. The highest BCUT2D eigenvalue weighted by Gasteiger charge is 2.30. The van der Waals surface area contributed by atoms with Crippen molar-refractivity contribution in [1.29, 1.82) is 0 Å². The van der Waals surface area contributed by atoms with Crippen molar-refractivity contribution in [2.45, 2.75) is 25.3 Å². The first-order valence-electron chi connectivity index (χ1n) is 6.08. The Morgan fingerprint density at radius 2 is 2.26 bits per heavy atom. The fourth-order valence-corrected chi connectivity index (χ4v) is 3.24. The smallest absolute Gasteiger partial charge is 0.142 e. The van der Waals surface area contributed by atoms with E-state index in [1.807, 2.05) is 0 Å². The molecule has 0 aliphatic heterocycles. The largest absolute Gasteiger partial charge is 0.383 e. The van der Waals surface area contributed by atoms with Crippen molar-refractivity contribution >= 4 is 38.3 Å². The highest BCUT2D eigenvalue weighted by Crippen LogP contribution is 2.47. The van der Waals surface area contributed by atoms with Gasteiger partial charge in [0, 0.05) is 16.6 Å². The number of nitrogens with two attached hydrogens (primary N) is 1. The lowest BCUT2D eigenvalue weighted by Crippen LogP contribution is -2.02. The van der Waals surface area contributed by atoms with E-state index in [2.05, 4.69) is 25.6 Å². The van der Waals surface area contributed by atoms with Gasteiger partial charge in [0.1, 0.15) is 16.6 Å². The number of benzene rings is 1. The summed E-state index contributed by atoms with van der Waals surface area (Å²) in [5, 5.41) is 4.33. The number of rotatable bonds is 4. The standard InChI is InChI=1S/C13H13BrFN3S/c14-10-4-3-9(15)5-8(10)6-17-13-11(7-1-2-7)12(16)18-19-13/h3-5,7,17H,1-2,6H2,(H2,16,18). The number of anilines is 2. The summed E-state index contributed by atoms with van der Waals surface area (Å²) in [5.41, 5.74) is 7.91. The van der Waals surface area contributed by atoms with Crippen LogP contribution >= 0.6 is 27.5 Å². The molecule has 1 aliphatic rings. The topological polar surface area (TPSA) is 50.9 Å². The number of halogens is 2. The van der Waals surface area contributed by atoms with Crippen LogP contribution in [0.1, 0.15) is 29.9 Å². The van der Waals surface area contributed by atoms with Crippen LogP contribution in [0.25, 0.3) is 0 Å². The van der Waals surface area contributed by atoms with E-state index in [1.54, 1.807) is 6.07 Å². The molecule has 0 unspecified atom stereocenters. The highest BCUT2D eigenvalue weighted by molar-refractivity contribution is 9.10. The SMILES string of the molecule is Nc1nsc(NCc2cc(F)ccc2Br)c1C1CC1. The molecule has 0 saturated heterocycles. The lowest BCUT2D eigenvalue weighted by atomic mass is 10.2. The maximum atomic E-state index is 13.2. The molecule has 1 aliphatic carbocycles. The van der Waals surface area contributed by atoms with E-state index in [4.69, 9.17) is 5.73 Å². The van der Waals surface area contributed by atoms with Gasteiger partial charge in [-0.1, -0.05) is 15.9 Å². The molecule has 1 aromatic carbocycles. The van der Waals surface area contributed by atoms with E-state index in [1.165, 1.54) is 36.5 Å². The van der Waals surface area contributed by atoms with Crippen molar-refractivity contribution in [2.75, 3.05) is 11.1 Å². The van der Waals surface area contributed by atoms with Crippen LogP contribution in [-0.4, -0.2) is 4.37 Å². The minimum Gasteiger partial charge on any atom is -0.383 e. The average Bonchev–Trinajstić information content (AvgIpc) is 3.15. The Morgan fingerprint density at radius 1 is 1.47 bits per heavy atom. The fourth-order valence-electron chi connectivity index (χ4n) is 2.06. The molecular weight excluding hydrogens is 329 g/mol. The number of aromatic nitrogens is 1. The first-order valence-corrected chi connectivity index (χ1v) is 7.64. The molecule has 1 saturated carbocycles. The van der Waals surface area contributed by atoms with Gasteiger partial charge in [0.15, 0.2) is 0 Å². The summed E-state index contributed by atoms with van der Waals surface area (Å²) in [6.45, 7) is 0.555. The lowest BCUT2D eigenvalue weighted by Gasteiger charge is -2.08. The first kappa shape index (κ1) is 12.9. The van der Waals surface area contributed by atoms with E-state index in [0.717, 1.165) is 20.6 Å². The summed E-state index contributed by atoms with van der Waals surface area (Å²) < 4.78 is 18.3. The van der Waals surface area contributed by atoms with E-state index < -0.39 is 0 Å². The van der Waals surface area contributed by atoms with Gasteiger partial charge in [0.05, 0.1) is 0 Å². The monoisotopic (exact) mass is 341 g/mol. The third-order valence-corrected chi connectivity index (χ3v) is 4.80. The Hall–Kier alpha value is -1.14. The Kier molecular flexibility index (Phi) is 3.45. The summed E-state index contributed by atoms with van der Waals surface area (Å²) in [7, 11) is 0. The van der Waals surface area contributed by atoms with Crippen LogP contribution in [-0.2, 0) is 6.54 Å². The molecule has 3 rings (SSSR count). The molecule has 19 heavy (non-hydrogen) atoms. The molecular formula is C13H13BrFN3S. The first-order chi connectivity index (χ1) is 9.15. The number of hydrogen-bond donors (Lipinski definition) is 2. The van der Waals surface area contributed by atoms with Gasteiger partial charge in [-0.3, -0.25) is 0 Å².